The van der Waals surface area contributed by atoms with Gasteiger partial charge in [-0.15, -0.1) is 0 Å². The van der Waals surface area contributed by atoms with Gasteiger partial charge >= 0.3 is 0 Å². The quantitative estimate of drug-likeness (QED) is 0.113. The second-order valence-electron chi connectivity index (χ2n) is 11.6. The number of rotatable bonds is 14. The average molecular weight is 613 g/mol. The van der Waals surface area contributed by atoms with Gasteiger partial charge in [-0.2, -0.15) is 4.39 Å². The fourth-order valence-corrected chi connectivity index (χ4v) is 5.55. The van der Waals surface area contributed by atoms with Crippen LogP contribution in [0.25, 0.3) is 5.57 Å². The largest absolute Gasteiger partial charge is 0.494 e. The zero-order chi connectivity index (χ0) is 32.5. The summed E-state index contributed by atoms with van der Waals surface area (Å²) in [5.41, 5.74) is 6.54. The second-order valence-corrected chi connectivity index (χ2v) is 11.6. The topological polar surface area (TPSA) is 98.4 Å². The number of aliphatic imine (C=N–C) groups is 1. The van der Waals surface area contributed by atoms with Crippen LogP contribution < -0.4 is 10.1 Å². The Morgan fingerprint density at radius 2 is 1.91 bits per heavy atom. The zero-order valence-electron chi connectivity index (χ0n) is 26.5. The summed E-state index contributed by atoms with van der Waals surface area (Å²) in [6.07, 6.45) is 14.8. The van der Waals surface area contributed by atoms with Crippen molar-refractivity contribution in [2.24, 2.45) is 10.9 Å². The molecule has 0 bridgehead atoms. The Morgan fingerprint density at radius 1 is 1.11 bits per heavy atom. The van der Waals surface area contributed by atoms with Gasteiger partial charge < -0.3 is 20.9 Å². The summed E-state index contributed by atoms with van der Waals surface area (Å²) in [5.74, 6) is -2.16. The molecule has 0 amide bonds. The van der Waals surface area contributed by atoms with Crippen LogP contribution in [0.3, 0.4) is 0 Å². The van der Waals surface area contributed by atoms with E-state index in [1.807, 2.05) is 63.3 Å². The molecule has 0 fully saturated rings. The maximum atomic E-state index is 14.9. The fraction of sp³-hybridized carbons (Fsp3) is 0.351. The van der Waals surface area contributed by atoms with E-state index in [-0.39, 0.29) is 29.4 Å². The van der Waals surface area contributed by atoms with Crippen molar-refractivity contribution in [2.75, 3.05) is 12.4 Å². The van der Waals surface area contributed by atoms with Crippen LogP contribution in [-0.2, 0) is 6.42 Å². The molecule has 8 heteroatoms. The maximum absolute atomic E-state index is 14.9. The van der Waals surface area contributed by atoms with Crippen molar-refractivity contribution in [3.63, 3.8) is 0 Å². The number of ketones is 1. The molecular weight excluding hydrogens is 570 g/mol. The van der Waals surface area contributed by atoms with Gasteiger partial charge in [0.15, 0.2) is 17.3 Å². The van der Waals surface area contributed by atoms with E-state index in [1.165, 1.54) is 19.2 Å². The van der Waals surface area contributed by atoms with Gasteiger partial charge in [0.25, 0.3) is 0 Å². The van der Waals surface area contributed by atoms with E-state index < -0.39 is 11.6 Å². The predicted octanol–water partition coefficient (Wildman–Crippen LogP) is 9.43. The first kappa shape index (κ1) is 33.4. The fourth-order valence-electron chi connectivity index (χ4n) is 5.55. The van der Waals surface area contributed by atoms with Gasteiger partial charge in [-0.3, -0.25) is 9.79 Å². The molecular formula is C37H42F2N4O2. The molecule has 45 heavy (non-hydrogen) atoms. The Hall–Kier alpha value is -4.46. The van der Waals surface area contributed by atoms with E-state index in [0.717, 1.165) is 48.2 Å². The molecule has 1 aliphatic heterocycles. The van der Waals surface area contributed by atoms with Crippen LogP contribution in [0.5, 0.6) is 5.75 Å². The summed E-state index contributed by atoms with van der Waals surface area (Å²) in [4.78, 5) is 17.9. The van der Waals surface area contributed by atoms with Gasteiger partial charge in [0.1, 0.15) is 0 Å². The lowest BCUT2D eigenvalue weighted by Crippen LogP contribution is -2.18. The van der Waals surface area contributed by atoms with Crippen molar-refractivity contribution in [2.45, 2.75) is 72.1 Å². The van der Waals surface area contributed by atoms with Gasteiger partial charge in [-0.25, -0.2) is 4.39 Å². The smallest absolute Gasteiger partial charge is 0.201 e. The number of allylic oxidation sites excluding steroid dienone is 6. The normalized spacial score (nSPS) is 18.0. The molecule has 6 nitrogen and oxygen atoms in total. The highest BCUT2D eigenvalue weighted by Crippen LogP contribution is 2.34. The number of Topliss-reactive ketones (excluding diaryl/α,β-unsaturated/α-hetero) is 1. The van der Waals surface area contributed by atoms with Crippen molar-refractivity contribution in [3.05, 3.63) is 100 Å². The molecule has 0 radical (unpaired) electrons. The van der Waals surface area contributed by atoms with E-state index in [0.29, 0.717) is 47.5 Å². The minimum atomic E-state index is -1.02. The lowest BCUT2D eigenvalue weighted by Gasteiger charge is -2.22. The van der Waals surface area contributed by atoms with Crippen LogP contribution in [0.4, 0.5) is 14.5 Å². The number of nitrogens with zero attached hydrogens (tertiary/aromatic N) is 1. The third-order valence-electron chi connectivity index (χ3n) is 8.24. The number of carbonyl (C=O) groups is 1. The number of halogens is 2. The SMILES string of the molecule is CCc1cc(N/C2=C\C/C=C\C=C3\CC(c4ccc(OC)c(F)c4F)=CN=C32)ccc1C(=O)CC(=N)[C@@H](C)CCCCC(C)=N. The van der Waals surface area contributed by atoms with Crippen LogP contribution in [0.2, 0.25) is 0 Å². The van der Waals surface area contributed by atoms with Crippen LogP contribution >= 0.6 is 0 Å². The van der Waals surface area contributed by atoms with E-state index >= 15 is 0 Å². The molecule has 1 atom stereocenters. The standard InChI is InChI=1S/C37H42F2N4O2/c1-5-25-20-28(15-16-29(25)33(44)21-31(41)23(2)11-9-10-12-24(3)40)43-32-14-8-6-7-13-26-19-27(22-42-37(26)32)30-17-18-34(45-4)36(39)35(30)38/h6-7,13-18,20,22-23,40-41,43H,5,8-12,19,21H2,1-4H3/b7-6-,26-13-,32-14-,40-24?,41-31?/t23-/m0/s1. The summed E-state index contributed by atoms with van der Waals surface area (Å²) in [5, 5.41) is 19.6. The molecule has 1 aliphatic carbocycles. The van der Waals surface area contributed by atoms with Gasteiger partial charge in [0.2, 0.25) is 5.82 Å². The van der Waals surface area contributed by atoms with Crippen LogP contribution in [0.15, 0.2) is 77.1 Å². The van der Waals surface area contributed by atoms with E-state index in [1.54, 1.807) is 6.20 Å². The number of benzene rings is 2. The number of fused-ring (bicyclic) bond motifs is 1. The van der Waals surface area contributed by atoms with Crippen LogP contribution in [0.1, 0.15) is 87.2 Å². The first-order valence-corrected chi connectivity index (χ1v) is 15.5. The minimum absolute atomic E-state index is 0.0274. The molecule has 4 rings (SSSR count). The molecule has 0 saturated carbocycles. The molecule has 1 heterocycles. The summed E-state index contributed by atoms with van der Waals surface area (Å²) < 4.78 is 34.2. The molecule has 2 aromatic rings. The van der Waals surface area contributed by atoms with E-state index in [9.17, 15) is 13.6 Å². The lowest BCUT2D eigenvalue weighted by atomic mass is 9.90. The number of aryl methyl sites for hydroxylation is 1. The number of methoxy groups -OCH3 is 1. The number of hydrogen-bond donors (Lipinski definition) is 3. The monoisotopic (exact) mass is 612 g/mol. The Bertz CT molecular complexity index is 1630. The molecule has 0 spiro atoms. The zero-order valence-corrected chi connectivity index (χ0v) is 26.5. The van der Waals surface area contributed by atoms with Crippen LogP contribution in [-0.4, -0.2) is 30.0 Å². The van der Waals surface area contributed by atoms with Crippen LogP contribution in [0, 0.1) is 28.4 Å². The second kappa shape index (κ2) is 15.5. The van der Waals surface area contributed by atoms with Crippen molar-refractivity contribution in [1.29, 1.82) is 10.8 Å². The highest BCUT2D eigenvalue weighted by atomic mass is 19.2. The van der Waals surface area contributed by atoms with E-state index in [2.05, 4.69) is 10.3 Å². The number of unbranched alkanes of at least 4 members (excludes halogenated alkanes) is 1. The average Bonchev–Trinajstić information content (AvgIpc) is 3.02. The molecule has 0 saturated heterocycles. The maximum Gasteiger partial charge on any atom is 0.201 e. The third-order valence-corrected chi connectivity index (χ3v) is 8.24. The summed E-state index contributed by atoms with van der Waals surface area (Å²) in [6.45, 7) is 5.82. The Labute approximate surface area is 264 Å². The van der Waals surface area contributed by atoms with Crippen molar-refractivity contribution < 1.29 is 18.3 Å². The number of anilines is 1. The highest BCUT2D eigenvalue weighted by molar-refractivity contribution is 6.16. The molecule has 0 aromatic heterocycles. The molecule has 2 aliphatic rings. The van der Waals surface area contributed by atoms with Gasteiger partial charge in [-0.05, 0) is 92.0 Å². The third kappa shape index (κ3) is 8.38. The van der Waals surface area contributed by atoms with Crippen molar-refractivity contribution >= 4 is 34.2 Å². The highest BCUT2D eigenvalue weighted by Gasteiger charge is 2.24. The van der Waals surface area contributed by atoms with Gasteiger partial charge in [-0.1, -0.05) is 44.6 Å². The number of hydrogen-bond acceptors (Lipinski definition) is 6. The molecule has 236 valence electrons. The Kier molecular flexibility index (Phi) is 11.5. The summed E-state index contributed by atoms with van der Waals surface area (Å²) >= 11 is 0. The van der Waals surface area contributed by atoms with E-state index in [4.69, 9.17) is 15.6 Å². The Balaban J connectivity index is 1.51. The summed E-state index contributed by atoms with van der Waals surface area (Å²) in [7, 11) is 1.30. The Morgan fingerprint density at radius 3 is 2.64 bits per heavy atom. The number of nitrogens with one attached hydrogen (secondary N) is 3. The van der Waals surface area contributed by atoms with Crippen molar-refractivity contribution in [1.82, 2.24) is 0 Å². The molecule has 3 N–H and O–H groups in total. The minimum Gasteiger partial charge on any atom is -0.494 e. The number of carbonyl (C=O) groups excluding carboxylic acids is 1. The molecule has 2 aromatic carbocycles. The van der Waals surface area contributed by atoms with Gasteiger partial charge in [0, 0.05) is 47.3 Å². The number of ether oxygens (including phenoxy) is 1. The lowest BCUT2D eigenvalue weighted by molar-refractivity contribution is 0.0998. The van der Waals surface area contributed by atoms with Crippen molar-refractivity contribution in [3.8, 4) is 5.75 Å². The van der Waals surface area contributed by atoms with Gasteiger partial charge in [0.05, 0.1) is 18.5 Å². The first-order valence-electron chi connectivity index (χ1n) is 15.5. The predicted molar refractivity (Wildman–Crippen MR) is 180 cm³/mol. The molecule has 0 unspecified atom stereocenters. The first-order chi connectivity index (χ1) is 21.6. The summed E-state index contributed by atoms with van der Waals surface area (Å²) in [6, 6.07) is 8.60.